The van der Waals surface area contributed by atoms with Crippen LogP contribution in [0.3, 0.4) is 0 Å². The van der Waals surface area contributed by atoms with E-state index in [1.165, 1.54) is 36.4 Å². The molecule has 3 aromatic carbocycles. The number of Topliss-reactive ketones (excluding diaryl/α,β-unsaturated/α-hetero) is 1. The van der Waals surface area contributed by atoms with Gasteiger partial charge < -0.3 is 5.11 Å². The van der Waals surface area contributed by atoms with Crippen molar-refractivity contribution in [3.05, 3.63) is 88.2 Å². The Morgan fingerprint density at radius 3 is 2.42 bits per heavy atom. The highest BCUT2D eigenvalue weighted by Crippen LogP contribution is 2.29. The highest BCUT2D eigenvalue weighted by Gasteiger charge is 2.19. The van der Waals surface area contributed by atoms with Crippen LogP contribution in [-0.2, 0) is 6.42 Å². The molecular formula is C20H12ClF3O2. The lowest BCUT2D eigenvalue weighted by Crippen LogP contribution is -2.08. The molecule has 132 valence electrons. The number of ketones is 1. The summed E-state index contributed by atoms with van der Waals surface area (Å²) in [6, 6.07) is 11.8. The van der Waals surface area contributed by atoms with E-state index in [1.807, 2.05) is 0 Å². The molecule has 0 fully saturated rings. The first kappa shape index (κ1) is 18.0. The van der Waals surface area contributed by atoms with Crippen molar-refractivity contribution in [2.75, 3.05) is 0 Å². The summed E-state index contributed by atoms with van der Waals surface area (Å²) in [5, 5.41) is 9.38. The third-order valence-electron chi connectivity index (χ3n) is 3.93. The zero-order valence-electron chi connectivity index (χ0n) is 13.3. The summed E-state index contributed by atoms with van der Waals surface area (Å²) in [5.74, 6) is -3.63. The Hall–Kier alpha value is -2.79. The van der Waals surface area contributed by atoms with Gasteiger partial charge >= 0.3 is 0 Å². The molecule has 3 aromatic rings. The van der Waals surface area contributed by atoms with E-state index in [2.05, 4.69) is 0 Å². The monoisotopic (exact) mass is 376 g/mol. The minimum atomic E-state index is -1.02. The maximum Gasteiger partial charge on any atom is 0.170 e. The highest BCUT2D eigenvalue weighted by atomic mass is 35.5. The second-order valence-corrected chi connectivity index (χ2v) is 6.07. The molecular weight excluding hydrogens is 365 g/mol. The quantitative estimate of drug-likeness (QED) is 0.606. The third-order valence-corrected chi connectivity index (χ3v) is 4.28. The zero-order valence-corrected chi connectivity index (χ0v) is 14.0. The molecule has 1 N–H and O–H groups in total. The van der Waals surface area contributed by atoms with Crippen LogP contribution in [0.4, 0.5) is 13.2 Å². The van der Waals surface area contributed by atoms with Crippen molar-refractivity contribution in [2.24, 2.45) is 0 Å². The molecule has 0 aliphatic rings. The fourth-order valence-corrected chi connectivity index (χ4v) is 2.80. The molecule has 0 saturated heterocycles. The lowest BCUT2D eigenvalue weighted by Gasteiger charge is -2.09. The van der Waals surface area contributed by atoms with Crippen molar-refractivity contribution in [1.29, 1.82) is 0 Å². The van der Waals surface area contributed by atoms with Gasteiger partial charge in [-0.05, 0) is 47.5 Å². The number of halogens is 4. The van der Waals surface area contributed by atoms with Crippen LogP contribution in [0.25, 0.3) is 11.1 Å². The van der Waals surface area contributed by atoms with Crippen LogP contribution in [0.15, 0.2) is 54.6 Å². The van der Waals surface area contributed by atoms with Gasteiger partial charge in [-0.15, -0.1) is 0 Å². The molecule has 0 heterocycles. The first-order chi connectivity index (χ1) is 12.4. The number of aromatic hydroxyl groups is 1. The van der Waals surface area contributed by atoms with Gasteiger partial charge in [-0.2, -0.15) is 0 Å². The Morgan fingerprint density at radius 2 is 1.69 bits per heavy atom. The maximum absolute atomic E-state index is 14.1. The van der Waals surface area contributed by atoms with E-state index in [4.69, 9.17) is 11.6 Å². The van der Waals surface area contributed by atoms with Crippen LogP contribution < -0.4 is 0 Å². The fraction of sp³-hybridized carbons (Fsp3) is 0.0500. The number of hydrogen-bond donors (Lipinski definition) is 1. The number of carbonyl (C=O) groups excluding carboxylic acids is 1. The average Bonchev–Trinajstić information content (AvgIpc) is 2.62. The summed E-state index contributed by atoms with van der Waals surface area (Å²) in [5.41, 5.74) is 0.426. The minimum Gasteiger partial charge on any atom is -0.505 e. The molecule has 0 bridgehead atoms. The van der Waals surface area contributed by atoms with Crippen LogP contribution in [0.2, 0.25) is 5.02 Å². The van der Waals surface area contributed by atoms with Crippen molar-refractivity contribution in [3.63, 3.8) is 0 Å². The van der Waals surface area contributed by atoms with E-state index in [-0.39, 0.29) is 16.1 Å². The van der Waals surface area contributed by atoms with Gasteiger partial charge in [0, 0.05) is 17.0 Å². The van der Waals surface area contributed by atoms with Gasteiger partial charge in [0.2, 0.25) is 0 Å². The lowest BCUT2D eigenvalue weighted by molar-refractivity contribution is 0.0988. The van der Waals surface area contributed by atoms with Crippen LogP contribution in [0.1, 0.15) is 15.9 Å². The third kappa shape index (κ3) is 3.58. The summed E-state index contributed by atoms with van der Waals surface area (Å²) < 4.78 is 41.5. The van der Waals surface area contributed by atoms with Gasteiger partial charge in [0.25, 0.3) is 0 Å². The number of hydrogen-bond acceptors (Lipinski definition) is 2. The summed E-state index contributed by atoms with van der Waals surface area (Å²) in [6.45, 7) is 0. The van der Waals surface area contributed by atoms with Gasteiger partial charge in [-0.25, -0.2) is 13.2 Å². The summed E-state index contributed by atoms with van der Waals surface area (Å²) in [4.78, 5) is 12.5. The summed E-state index contributed by atoms with van der Waals surface area (Å²) >= 11 is 5.88. The number of benzene rings is 3. The van der Waals surface area contributed by atoms with Crippen LogP contribution in [0.5, 0.6) is 5.75 Å². The first-order valence-electron chi connectivity index (χ1n) is 7.61. The molecule has 2 nitrogen and oxygen atoms in total. The molecule has 0 radical (unpaired) electrons. The summed E-state index contributed by atoms with van der Waals surface area (Å²) in [7, 11) is 0. The van der Waals surface area contributed by atoms with E-state index < -0.39 is 35.4 Å². The number of carbonyl (C=O) groups is 1. The van der Waals surface area contributed by atoms with Crippen molar-refractivity contribution in [2.45, 2.75) is 6.42 Å². The van der Waals surface area contributed by atoms with Crippen LogP contribution >= 0.6 is 11.6 Å². The second kappa shape index (κ2) is 7.22. The minimum absolute atomic E-state index is 0.0460. The first-order valence-corrected chi connectivity index (χ1v) is 7.99. The van der Waals surface area contributed by atoms with E-state index >= 15 is 0 Å². The Labute approximate surface area is 152 Å². The maximum atomic E-state index is 14.1. The molecule has 0 aliphatic heterocycles. The predicted octanol–water partition coefficient (Wildman–Crippen LogP) is 5.56. The highest BCUT2D eigenvalue weighted by molar-refractivity contribution is 6.31. The smallest absolute Gasteiger partial charge is 0.170 e. The molecule has 0 aromatic heterocycles. The van der Waals surface area contributed by atoms with Crippen LogP contribution in [0, 0.1) is 17.5 Å². The zero-order chi connectivity index (χ0) is 18.8. The number of phenolic OH excluding ortho intramolecular Hbond substituents is 1. The standard InChI is InChI=1S/C20H12ClF3O2/c21-16-5-7-18(25)20(24)14(16)10-19(26)15-9-12(4-6-17(15)23)11-2-1-3-13(22)8-11/h1-9,25H,10H2. The molecule has 26 heavy (non-hydrogen) atoms. The SMILES string of the molecule is O=C(Cc1c(Cl)ccc(O)c1F)c1cc(-c2cccc(F)c2)ccc1F. The van der Waals surface area contributed by atoms with Gasteiger partial charge in [-0.3, -0.25) is 4.79 Å². The average molecular weight is 377 g/mol. The van der Waals surface area contributed by atoms with Gasteiger partial charge in [0.15, 0.2) is 17.3 Å². The Balaban J connectivity index is 1.98. The second-order valence-electron chi connectivity index (χ2n) is 5.66. The molecule has 0 aliphatic carbocycles. The largest absolute Gasteiger partial charge is 0.505 e. The lowest BCUT2D eigenvalue weighted by atomic mass is 9.97. The fourth-order valence-electron chi connectivity index (χ4n) is 2.59. The Bertz CT molecular complexity index is 1000. The van der Waals surface area contributed by atoms with Gasteiger partial charge in [0.05, 0.1) is 5.56 Å². The predicted molar refractivity (Wildman–Crippen MR) is 92.9 cm³/mol. The van der Waals surface area contributed by atoms with E-state index in [0.29, 0.717) is 11.1 Å². The molecule has 0 unspecified atom stereocenters. The van der Waals surface area contributed by atoms with E-state index in [1.54, 1.807) is 6.07 Å². The number of rotatable bonds is 4. The Kier molecular flexibility index (Phi) is 5.00. The molecule has 3 rings (SSSR count). The number of phenols is 1. The van der Waals surface area contributed by atoms with Crippen LogP contribution in [-0.4, -0.2) is 10.9 Å². The normalized spacial score (nSPS) is 10.8. The summed E-state index contributed by atoms with van der Waals surface area (Å²) in [6.07, 6.45) is -0.525. The Morgan fingerprint density at radius 1 is 0.962 bits per heavy atom. The van der Waals surface area contributed by atoms with E-state index in [9.17, 15) is 23.1 Å². The van der Waals surface area contributed by atoms with Gasteiger partial charge in [-0.1, -0.05) is 29.8 Å². The van der Waals surface area contributed by atoms with Gasteiger partial charge in [0.1, 0.15) is 11.6 Å². The van der Waals surface area contributed by atoms with Crippen molar-refractivity contribution < 1.29 is 23.1 Å². The van der Waals surface area contributed by atoms with E-state index in [0.717, 1.165) is 12.1 Å². The molecule has 0 atom stereocenters. The molecule has 0 amide bonds. The van der Waals surface area contributed by atoms with Crippen molar-refractivity contribution in [3.8, 4) is 16.9 Å². The molecule has 0 saturated carbocycles. The molecule has 6 heteroatoms. The van der Waals surface area contributed by atoms with Crippen molar-refractivity contribution in [1.82, 2.24) is 0 Å². The molecule has 0 spiro atoms. The van der Waals surface area contributed by atoms with Crippen molar-refractivity contribution >= 4 is 17.4 Å². The topological polar surface area (TPSA) is 37.3 Å².